The molecule has 0 aliphatic rings. The van der Waals surface area contributed by atoms with Crippen LogP contribution < -0.4 is 4.74 Å². The molecule has 6 heteroatoms. The Labute approximate surface area is 96.9 Å². The van der Waals surface area contributed by atoms with E-state index in [1.165, 1.54) is 13.2 Å². The number of ether oxygens (including phenoxy) is 1. The number of rotatable bonds is 3. The van der Waals surface area contributed by atoms with Crippen LogP contribution in [0.15, 0.2) is 6.07 Å². The minimum Gasteiger partial charge on any atom is -0.503 e. The van der Waals surface area contributed by atoms with Crippen LogP contribution >= 0.6 is 11.6 Å². The SMILES string of the molecule is COc1cc(C)c(C(O)C(=O)O)c(Cl)c1O. The molecule has 0 aliphatic heterocycles. The highest BCUT2D eigenvalue weighted by molar-refractivity contribution is 6.33. The van der Waals surface area contributed by atoms with Gasteiger partial charge < -0.3 is 20.1 Å². The first-order valence-corrected chi connectivity index (χ1v) is 4.74. The molecular weight excluding hydrogens is 236 g/mol. The van der Waals surface area contributed by atoms with Crippen molar-refractivity contribution in [2.75, 3.05) is 7.11 Å². The monoisotopic (exact) mass is 246 g/mol. The molecule has 3 N–H and O–H groups in total. The lowest BCUT2D eigenvalue weighted by Crippen LogP contribution is -2.12. The number of carboxylic acid groups (broad SMARTS) is 1. The highest BCUT2D eigenvalue weighted by Gasteiger charge is 2.25. The first kappa shape index (κ1) is 12.6. The summed E-state index contributed by atoms with van der Waals surface area (Å²) in [6.45, 7) is 1.56. The maximum Gasteiger partial charge on any atom is 0.337 e. The van der Waals surface area contributed by atoms with E-state index in [0.29, 0.717) is 5.56 Å². The summed E-state index contributed by atoms with van der Waals surface area (Å²) in [6, 6.07) is 1.41. The van der Waals surface area contributed by atoms with Gasteiger partial charge in [-0.2, -0.15) is 0 Å². The molecule has 88 valence electrons. The van der Waals surface area contributed by atoms with E-state index >= 15 is 0 Å². The molecule has 0 bridgehead atoms. The number of aliphatic hydroxyl groups excluding tert-OH is 1. The Balaban J connectivity index is 3.41. The molecule has 0 amide bonds. The van der Waals surface area contributed by atoms with Crippen molar-refractivity contribution in [1.82, 2.24) is 0 Å². The second kappa shape index (κ2) is 4.59. The number of carbonyl (C=O) groups is 1. The number of aryl methyl sites for hydroxylation is 1. The Morgan fingerprint density at radius 2 is 2.12 bits per heavy atom. The molecule has 1 atom stereocenters. The molecule has 0 fully saturated rings. The van der Waals surface area contributed by atoms with Gasteiger partial charge in [0, 0.05) is 5.56 Å². The zero-order valence-corrected chi connectivity index (χ0v) is 9.45. The molecule has 0 radical (unpaired) electrons. The molecule has 1 rings (SSSR count). The fourth-order valence-electron chi connectivity index (χ4n) is 1.37. The normalized spacial score (nSPS) is 12.2. The summed E-state index contributed by atoms with van der Waals surface area (Å²) in [5.74, 6) is -1.69. The Morgan fingerprint density at radius 1 is 1.56 bits per heavy atom. The summed E-state index contributed by atoms with van der Waals surface area (Å²) < 4.78 is 4.84. The van der Waals surface area contributed by atoms with E-state index in [2.05, 4.69) is 0 Å². The first-order chi connectivity index (χ1) is 7.40. The standard InChI is InChI=1S/C10H11ClO5/c1-4-3-5(16-2)8(12)7(11)6(4)9(13)10(14)15/h3,9,12-13H,1-2H3,(H,14,15). The van der Waals surface area contributed by atoms with Crippen LogP contribution in [-0.4, -0.2) is 28.4 Å². The van der Waals surface area contributed by atoms with Crippen LogP contribution in [0.5, 0.6) is 11.5 Å². The lowest BCUT2D eigenvalue weighted by atomic mass is 10.0. The van der Waals surface area contributed by atoms with Crippen molar-refractivity contribution in [2.45, 2.75) is 13.0 Å². The fourth-order valence-corrected chi connectivity index (χ4v) is 1.71. The number of phenolic OH excluding ortho intramolecular Hbond substituents is 1. The predicted molar refractivity (Wildman–Crippen MR) is 57.0 cm³/mol. The smallest absolute Gasteiger partial charge is 0.337 e. The van der Waals surface area contributed by atoms with E-state index in [4.69, 9.17) is 21.4 Å². The van der Waals surface area contributed by atoms with Crippen LogP contribution in [0.25, 0.3) is 0 Å². The number of halogens is 1. The minimum absolute atomic E-state index is 0.0348. The third-order valence-electron chi connectivity index (χ3n) is 2.18. The Morgan fingerprint density at radius 3 is 2.56 bits per heavy atom. The van der Waals surface area contributed by atoms with E-state index in [1.807, 2.05) is 0 Å². The fraction of sp³-hybridized carbons (Fsp3) is 0.300. The van der Waals surface area contributed by atoms with Gasteiger partial charge in [0.15, 0.2) is 17.6 Å². The average molecular weight is 247 g/mol. The van der Waals surface area contributed by atoms with Gasteiger partial charge >= 0.3 is 5.97 Å². The van der Waals surface area contributed by atoms with Gasteiger partial charge in [-0.3, -0.25) is 0 Å². The number of carboxylic acids is 1. The van der Waals surface area contributed by atoms with E-state index in [1.54, 1.807) is 6.92 Å². The highest BCUT2D eigenvalue weighted by Crippen LogP contribution is 2.40. The molecule has 0 heterocycles. The van der Waals surface area contributed by atoms with Crippen molar-refractivity contribution >= 4 is 17.6 Å². The van der Waals surface area contributed by atoms with Gasteiger partial charge in [-0.1, -0.05) is 11.6 Å². The van der Waals surface area contributed by atoms with Gasteiger partial charge in [0.25, 0.3) is 0 Å². The number of aliphatic carboxylic acids is 1. The van der Waals surface area contributed by atoms with Crippen LogP contribution in [0, 0.1) is 6.92 Å². The number of hydrogen-bond acceptors (Lipinski definition) is 4. The number of aliphatic hydroxyl groups is 1. The van der Waals surface area contributed by atoms with Crippen molar-refractivity contribution in [3.05, 3.63) is 22.2 Å². The molecule has 0 aliphatic carbocycles. The summed E-state index contributed by atoms with van der Waals surface area (Å²) in [6.07, 6.45) is -1.77. The number of phenols is 1. The van der Waals surface area contributed by atoms with Crippen LogP contribution in [0.3, 0.4) is 0 Å². The van der Waals surface area contributed by atoms with Crippen LogP contribution in [0.1, 0.15) is 17.2 Å². The summed E-state index contributed by atoms with van der Waals surface area (Å²) in [7, 11) is 1.35. The number of methoxy groups -OCH3 is 1. The lowest BCUT2D eigenvalue weighted by molar-refractivity contribution is -0.147. The number of aromatic hydroxyl groups is 1. The van der Waals surface area contributed by atoms with E-state index in [-0.39, 0.29) is 22.1 Å². The largest absolute Gasteiger partial charge is 0.503 e. The van der Waals surface area contributed by atoms with E-state index < -0.39 is 12.1 Å². The molecule has 5 nitrogen and oxygen atoms in total. The van der Waals surface area contributed by atoms with Crippen molar-refractivity contribution in [2.24, 2.45) is 0 Å². The van der Waals surface area contributed by atoms with Crippen LogP contribution in [0.2, 0.25) is 5.02 Å². The van der Waals surface area contributed by atoms with Crippen molar-refractivity contribution in [3.8, 4) is 11.5 Å². The van der Waals surface area contributed by atoms with Crippen molar-refractivity contribution < 1.29 is 24.9 Å². The quantitative estimate of drug-likeness (QED) is 0.752. The molecule has 0 saturated carbocycles. The zero-order valence-electron chi connectivity index (χ0n) is 8.69. The Hall–Kier alpha value is -1.46. The summed E-state index contributed by atoms with van der Waals surface area (Å²) in [4.78, 5) is 10.6. The molecule has 0 aromatic heterocycles. The maximum absolute atomic E-state index is 10.6. The number of benzene rings is 1. The van der Waals surface area contributed by atoms with E-state index in [0.717, 1.165) is 0 Å². The van der Waals surface area contributed by atoms with Crippen molar-refractivity contribution in [1.29, 1.82) is 0 Å². The zero-order chi connectivity index (χ0) is 12.5. The third-order valence-corrected chi connectivity index (χ3v) is 2.56. The van der Waals surface area contributed by atoms with Gasteiger partial charge in [-0.05, 0) is 18.6 Å². The molecule has 0 saturated heterocycles. The highest BCUT2D eigenvalue weighted by atomic mass is 35.5. The lowest BCUT2D eigenvalue weighted by Gasteiger charge is -2.15. The van der Waals surface area contributed by atoms with Crippen LogP contribution in [-0.2, 0) is 4.79 Å². The topological polar surface area (TPSA) is 87.0 Å². The third kappa shape index (κ3) is 2.05. The molecule has 0 spiro atoms. The van der Waals surface area contributed by atoms with Crippen molar-refractivity contribution in [3.63, 3.8) is 0 Å². The summed E-state index contributed by atoms with van der Waals surface area (Å²) in [5.41, 5.74) is 0.391. The Bertz CT molecular complexity index is 430. The van der Waals surface area contributed by atoms with E-state index in [9.17, 15) is 15.0 Å². The Kier molecular flexibility index (Phi) is 3.62. The minimum atomic E-state index is -1.77. The maximum atomic E-state index is 10.6. The first-order valence-electron chi connectivity index (χ1n) is 4.37. The second-order valence-corrected chi connectivity index (χ2v) is 3.59. The predicted octanol–water partition coefficient (Wildman–Crippen LogP) is 1.48. The summed E-state index contributed by atoms with van der Waals surface area (Å²) >= 11 is 5.77. The molecule has 16 heavy (non-hydrogen) atoms. The average Bonchev–Trinajstić information content (AvgIpc) is 2.23. The van der Waals surface area contributed by atoms with Gasteiger partial charge in [-0.25, -0.2) is 4.79 Å². The summed E-state index contributed by atoms with van der Waals surface area (Å²) in [5, 5.41) is 27.4. The van der Waals surface area contributed by atoms with Gasteiger partial charge in [0.1, 0.15) is 0 Å². The second-order valence-electron chi connectivity index (χ2n) is 3.21. The van der Waals surface area contributed by atoms with Gasteiger partial charge in [0.05, 0.1) is 12.1 Å². The molecule has 1 unspecified atom stereocenters. The molecular formula is C10H11ClO5. The molecule has 1 aromatic carbocycles. The number of hydrogen-bond donors (Lipinski definition) is 3. The van der Waals surface area contributed by atoms with Gasteiger partial charge in [-0.15, -0.1) is 0 Å². The van der Waals surface area contributed by atoms with Crippen LogP contribution in [0.4, 0.5) is 0 Å². The molecule has 1 aromatic rings. The van der Waals surface area contributed by atoms with Gasteiger partial charge in [0.2, 0.25) is 0 Å².